The third kappa shape index (κ3) is 3.42. The normalized spacial score (nSPS) is 10.3. The van der Waals surface area contributed by atoms with Crippen LogP contribution in [0.5, 0.6) is 17.2 Å². The number of rotatable bonds is 6. The maximum Gasteiger partial charge on any atom is 0.255 e. The summed E-state index contributed by atoms with van der Waals surface area (Å²) in [6, 6.07) is 15.0. The number of benzene rings is 2. The van der Waals surface area contributed by atoms with E-state index in [0.29, 0.717) is 34.1 Å². The lowest BCUT2D eigenvalue weighted by molar-refractivity contribution is 0.103. The van der Waals surface area contributed by atoms with Crippen LogP contribution in [-0.2, 0) is 0 Å². The number of ketones is 1. The molecule has 0 amide bonds. The van der Waals surface area contributed by atoms with Crippen molar-refractivity contribution in [3.8, 4) is 22.9 Å². The number of hydrogen-bond donors (Lipinski definition) is 0. The van der Waals surface area contributed by atoms with Crippen LogP contribution in [0.2, 0.25) is 0 Å². The fourth-order valence-corrected chi connectivity index (χ4v) is 2.87. The third-order valence-corrected chi connectivity index (χ3v) is 4.16. The van der Waals surface area contributed by atoms with Crippen molar-refractivity contribution < 1.29 is 19.0 Å². The van der Waals surface area contributed by atoms with Crippen molar-refractivity contribution in [3.05, 3.63) is 82.3 Å². The maximum absolute atomic E-state index is 13.2. The molecule has 3 aromatic rings. The van der Waals surface area contributed by atoms with Gasteiger partial charge in [-0.25, -0.2) is 0 Å². The van der Waals surface area contributed by atoms with E-state index < -0.39 is 0 Å². The molecule has 0 radical (unpaired) electrons. The SMILES string of the molecule is COc1cc(C(=O)c2ccccc2-n2ccccc2=O)cc(OC)c1OC. The predicted molar refractivity (Wildman–Crippen MR) is 102 cm³/mol. The summed E-state index contributed by atoms with van der Waals surface area (Å²) in [6.45, 7) is 0. The Labute approximate surface area is 156 Å². The standard InChI is InChI=1S/C21H19NO5/c1-25-17-12-14(13-18(26-2)21(17)27-3)20(24)15-8-4-5-9-16(15)22-11-7-6-10-19(22)23/h4-13H,1-3H3. The van der Waals surface area contributed by atoms with Gasteiger partial charge in [-0.15, -0.1) is 0 Å². The number of para-hydroxylation sites is 1. The fourth-order valence-electron chi connectivity index (χ4n) is 2.87. The second-order valence-corrected chi connectivity index (χ2v) is 5.67. The Bertz CT molecular complexity index is 1010. The molecule has 0 aliphatic carbocycles. The molecule has 138 valence electrons. The first-order valence-corrected chi connectivity index (χ1v) is 8.22. The second kappa shape index (κ2) is 7.78. The number of carbonyl (C=O) groups excluding carboxylic acids is 1. The van der Waals surface area contributed by atoms with Crippen molar-refractivity contribution in [2.45, 2.75) is 0 Å². The van der Waals surface area contributed by atoms with Crippen LogP contribution >= 0.6 is 0 Å². The molecule has 6 heteroatoms. The van der Waals surface area contributed by atoms with Gasteiger partial charge in [-0.3, -0.25) is 14.2 Å². The molecule has 0 aliphatic heterocycles. The molecule has 0 fully saturated rings. The molecule has 2 aromatic carbocycles. The van der Waals surface area contributed by atoms with Crippen molar-refractivity contribution in [2.24, 2.45) is 0 Å². The van der Waals surface area contributed by atoms with Crippen LogP contribution in [0.3, 0.4) is 0 Å². The van der Waals surface area contributed by atoms with E-state index in [1.54, 1.807) is 54.7 Å². The number of carbonyl (C=O) groups is 1. The maximum atomic E-state index is 13.2. The molecule has 0 N–H and O–H groups in total. The van der Waals surface area contributed by atoms with E-state index in [1.165, 1.54) is 32.0 Å². The van der Waals surface area contributed by atoms with Crippen LogP contribution in [-0.4, -0.2) is 31.7 Å². The molecule has 1 aromatic heterocycles. The third-order valence-electron chi connectivity index (χ3n) is 4.16. The number of methoxy groups -OCH3 is 3. The Hall–Kier alpha value is -3.54. The van der Waals surface area contributed by atoms with E-state index >= 15 is 0 Å². The molecule has 0 saturated carbocycles. The van der Waals surface area contributed by atoms with Crippen LogP contribution < -0.4 is 19.8 Å². The summed E-state index contributed by atoms with van der Waals surface area (Å²) in [7, 11) is 4.48. The van der Waals surface area contributed by atoms with Gasteiger partial charge in [0.2, 0.25) is 5.75 Å². The Morgan fingerprint density at radius 1 is 0.852 bits per heavy atom. The highest BCUT2D eigenvalue weighted by molar-refractivity contribution is 6.11. The summed E-state index contributed by atoms with van der Waals surface area (Å²) in [5.74, 6) is 0.911. The summed E-state index contributed by atoms with van der Waals surface area (Å²) in [6.07, 6.45) is 1.63. The van der Waals surface area contributed by atoms with E-state index in [-0.39, 0.29) is 11.3 Å². The highest BCUT2D eigenvalue weighted by Crippen LogP contribution is 2.38. The lowest BCUT2D eigenvalue weighted by atomic mass is 10.0. The Kier molecular flexibility index (Phi) is 5.26. The zero-order valence-electron chi connectivity index (χ0n) is 15.3. The zero-order valence-corrected chi connectivity index (χ0v) is 15.3. The second-order valence-electron chi connectivity index (χ2n) is 5.67. The molecular formula is C21H19NO5. The lowest BCUT2D eigenvalue weighted by Gasteiger charge is -2.15. The average molecular weight is 365 g/mol. The summed E-state index contributed by atoms with van der Waals surface area (Å²) in [4.78, 5) is 25.4. The van der Waals surface area contributed by atoms with Crippen LogP contribution in [0.25, 0.3) is 5.69 Å². The first-order chi connectivity index (χ1) is 13.1. The van der Waals surface area contributed by atoms with Crippen molar-refractivity contribution in [1.29, 1.82) is 0 Å². The first-order valence-electron chi connectivity index (χ1n) is 8.22. The molecule has 0 unspecified atom stereocenters. The van der Waals surface area contributed by atoms with Crippen molar-refractivity contribution in [1.82, 2.24) is 4.57 Å². The molecule has 27 heavy (non-hydrogen) atoms. The number of nitrogens with zero attached hydrogens (tertiary/aromatic N) is 1. The van der Waals surface area contributed by atoms with E-state index in [0.717, 1.165) is 0 Å². The van der Waals surface area contributed by atoms with Crippen LogP contribution in [0.15, 0.2) is 65.6 Å². The number of aromatic nitrogens is 1. The van der Waals surface area contributed by atoms with E-state index in [4.69, 9.17) is 14.2 Å². The predicted octanol–water partition coefficient (Wildman–Crippen LogP) is 3.09. The molecule has 0 spiro atoms. The molecular weight excluding hydrogens is 346 g/mol. The van der Waals surface area contributed by atoms with Crippen LogP contribution in [0.4, 0.5) is 0 Å². The summed E-state index contributed by atoms with van der Waals surface area (Å²) in [5, 5.41) is 0. The lowest BCUT2D eigenvalue weighted by Crippen LogP contribution is -2.18. The molecule has 0 bridgehead atoms. The van der Waals surface area contributed by atoms with Crippen LogP contribution in [0, 0.1) is 0 Å². The van der Waals surface area contributed by atoms with Gasteiger partial charge in [0, 0.05) is 23.4 Å². The smallest absolute Gasteiger partial charge is 0.255 e. The molecule has 0 atom stereocenters. The molecule has 1 heterocycles. The van der Waals surface area contributed by atoms with Gasteiger partial charge in [0.1, 0.15) is 0 Å². The van der Waals surface area contributed by atoms with E-state index in [1.807, 2.05) is 0 Å². The zero-order chi connectivity index (χ0) is 19.4. The van der Waals surface area contributed by atoms with E-state index in [2.05, 4.69) is 0 Å². The van der Waals surface area contributed by atoms with Crippen molar-refractivity contribution >= 4 is 5.78 Å². The van der Waals surface area contributed by atoms with Gasteiger partial charge in [0.25, 0.3) is 5.56 Å². The van der Waals surface area contributed by atoms with Gasteiger partial charge in [-0.05, 0) is 30.3 Å². The minimum Gasteiger partial charge on any atom is -0.493 e. The first kappa shape index (κ1) is 18.3. The Morgan fingerprint density at radius 3 is 2.07 bits per heavy atom. The molecule has 0 saturated heterocycles. The summed E-state index contributed by atoms with van der Waals surface area (Å²) < 4.78 is 17.4. The number of ether oxygens (including phenoxy) is 3. The average Bonchev–Trinajstić information content (AvgIpc) is 2.72. The monoisotopic (exact) mass is 365 g/mol. The van der Waals surface area contributed by atoms with Crippen molar-refractivity contribution in [2.75, 3.05) is 21.3 Å². The highest BCUT2D eigenvalue weighted by Gasteiger charge is 2.20. The Morgan fingerprint density at radius 2 is 1.48 bits per heavy atom. The van der Waals surface area contributed by atoms with Gasteiger partial charge in [-0.1, -0.05) is 18.2 Å². The summed E-state index contributed by atoms with van der Waals surface area (Å²) in [5.41, 5.74) is 1.03. The highest BCUT2D eigenvalue weighted by atomic mass is 16.5. The summed E-state index contributed by atoms with van der Waals surface area (Å²) >= 11 is 0. The minimum absolute atomic E-state index is 0.220. The number of pyridine rings is 1. The van der Waals surface area contributed by atoms with Gasteiger partial charge >= 0.3 is 0 Å². The fraction of sp³-hybridized carbons (Fsp3) is 0.143. The Balaban J connectivity index is 2.16. The van der Waals surface area contributed by atoms with Gasteiger partial charge < -0.3 is 14.2 Å². The molecule has 3 rings (SSSR count). The number of hydrogen-bond acceptors (Lipinski definition) is 5. The van der Waals surface area contributed by atoms with Crippen molar-refractivity contribution in [3.63, 3.8) is 0 Å². The molecule has 0 aliphatic rings. The van der Waals surface area contributed by atoms with E-state index in [9.17, 15) is 9.59 Å². The topological polar surface area (TPSA) is 66.8 Å². The quantitative estimate of drug-likeness (QED) is 0.628. The van der Waals surface area contributed by atoms with Crippen LogP contribution in [0.1, 0.15) is 15.9 Å². The molecule has 6 nitrogen and oxygen atoms in total. The van der Waals surface area contributed by atoms with Gasteiger partial charge in [0.05, 0.1) is 27.0 Å². The van der Waals surface area contributed by atoms with Gasteiger partial charge in [-0.2, -0.15) is 0 Å². The van der Waals surface area contributed by atoms with Gasteiger partial charge in [0.15, 0.2) is 17.3 Å². The minimum atomic E-state index is -0.263. The largest absolute Gasteiger partial charge is 0.493 e.